The Morgan fingerprint density at radius 2 is 1.83 bits per heavy atom. The zero-order valence-corrected chi connectivity index (χ0v) is 15.5. The molecule has 124 valence electrons. The summed E-state index contributed by atoms with van der Waals surface area (Å²) < 4.78 is 0. The van der Waals surface area contributed by atoms with Crippen molar-refractivity contribution in [2.75, 3.05) is 26.9 Å². The van der Waals surface area contributed by atoms with E-state index in [0.717, 1.165) is 29.0 Å². The number of benzene rings is 2. The van der Waals surface area contributed by atoms with E-state index in [9.17, 15) is 5.11 Å². The van der Waals surface area contributed by atoms with Crippen molar-refractivity contribution in [3.8, 4) is 0 Å². The van der Waals surface area contributed by atoms with E-state index in [1.807, 2.05) is 68.9 Å². The standard InChI is InChI=1S/C19H24ClNOS/c1-21(2)13-7-12-19(22,15-8-5-4-6-9-15)17-14-16(20)10-11-18(17)23-3/h4-6,8-11,14,22H,7,12-13H2,1-3H3. The van der Waals surface area contributed by atoms with Crippen LogP contribution in [0.2, 0.25) is 5.02 Å². The third-order valence-electron chi connectivity index (χ3n) is 4.00. The van der Waals surface area contributed by atoms with Gasteiger partial charge in [0.2, 0.25) is 0 Å². The summed E-state index contributed by atoms with van der Waals surface area (Å²) in [6.45, 7) is 0.935. The summed E-state index contributed by atoms with van der Waals surface area (Å²) in [6, 6.07) is 15.6. The molecule has 2 aromatic rings. The van der Waals surface area contributed by atoms with Gasteiger partial charge in [0.15, 0.2) is 0 Å². The first kappa shape index (κ1) is 18.3. The summed E-state index contributed by atoms with van der Waals surface area (Å²) in [6.07, 6.45) is 3.58. The molecule has 0 aliphatic carbocycles. The molecule has 0 spiro atoms. The number of rotatable bonds is 7. The molecule has 2 rings (SSSR count). The number of hydrogen-bond donors (Lipinski definition) is 1. The van der Waals surface area contributed by atoms with Crippen molar-refractivity contribution in [2.24, 2.45) is 0 Å². The second-order valence-corrected chi connectivity index (χ2v) is 7.26. The number of thioether (sulfide) groups is 1. The van der Waals surface area contributed by atoms with Crippen LogP contribution in [0.25, 0.3) is 0 Å². The quantitative estimate of drug-likeness (QED) is 0.736. The van der Waals surface area contributed by atoms with Gasteiger partial charge in [-0.3, -0.25) is 0 Å². The molecule has 2 nitrogen and oxygen atoms in total. The van der Waals surface area contributed by atoms with Crippen molar-refractivity contribution in [3.05, 3.63) is 64.7 Å². The predicted octanol–water partition coefficient (Wildman–Crippen LogP) is 4.64. The monoisotopic (exact) mass is 349 g/mol. The number of aliphatic hydroxyl groups is 1. The van der Waals surface area contributed by atoms with Crippen LogP contribution >= 0.6 is 23.4 Å². The third kappa shape index (κ3) is 4.51. The molecule has 2 aromatic carbocycles. The van der Waals surface area contributed by atoms with Crippen molar-refractivity contribution in [1.29, 1.82) is 0 Å². The maximum atomic E-state index is 11.6. The molecule has 4 heteroatoms. The van der Waals surface area contributed by atoms with E-state index in [1.54, 1.807) is 11.8 Å². The van der Waals surface area contributed by atoms with Crippen molar-refractivity contribution >= 4 is 23.4 Å². The number of hydrogen-bond acceptors (Lipinski definition) is 3. The van der Waals surface area contributed by atoms with E-state index in [0.29, 0.717) is 11.4 Å². The van der Waals surface area contributed by atoms with Crippen LogP contribution in [0.3, 0.4) is 0 Å². The Morgan fingerprint density at radius 1 is 1.13 bits per heavy atom. The first-order valence-corrected chi connectivity index (χ1v) is 9.34. The van der Waals surface area contributed by atoms with Crippen molar-refractivity contribution in [1.82, 2.24) is 4.90 Å². The van der Waals surface area contributed by atoms with Crippen LogP contribution in [0, 0.1) is 0 Å². The molecular formula is C19H24ClNOS. The minimum atomic E-state index is -1.03. The van der Waals surface area contributed by atoms with Crippen LogP contribution < -0.4 is 0 Å². The molecule has 1 atom stereocenters. The zero-order chi connectivity index (χ0) is 16.9. The summed E-state index contributed by atoms with van der Waals surface area (Å²) in [7, 11) is 4.10. The molecule has 1 unspecified atom stereocenters. The summed E-state index contributed by atoms with van der Waals surface area (Å²) in [5, 5.41) is 12.3. The molecule has 1 N–H and O–H groups in total. The van der Waals surface area contributed by atoms with Crippen molar-refractivity contribution < 1.29 is 5.11 Å². The highest BCUT2D eigenvalue weighted by molar-refractivity contribution is 7.98. The Balaban J connectivity index is 2.47. The van der Waals surface area contributed by atoms with Gasteiger partial charge in [0.05, 0.1) is 0 Å². The van der Waals surface area contributed by atoms with Crippen LogP contribution in [0.15, 0.2) is 53.4 Å². The molecule has 0 radical (unpaired) electrons. The van der Waals surface area contributed by atoms with E-state index in [2.05, 4.69) is 4.90 Å². The van der Waals surface area contributed by atoms with Crippen LogP contribution in [0.5, 0.6) is 0 Å². The maximum Gasteiger partial charge on any atom is 0.116 e. The van der Waals surface area contributed by atoms with Crippen LogP contribution in [-0.2, 0) is 5.60 Å². The van der Waals surface area contributed by atoms with E-state index in [4.69, 9.17) is 11.6 Å². The van der Waals surface area contributed by atoms with Crippen LogP contribution in [0.1, 0.15) is 24.0 Å². The molecule has 0 bridgehead atoms. The minimum Gasteiger partial charge on any atom is -0.380 e. The third-order valence-corrected chi connectivity index (χ3v) is 5.03. The molecule has 0 saturated carbocycles. The first-order chi connectivity index (χ1) is 11.0. The molecule has 0 aliphatic heterocycles. The SMILES string of the molecule is CSc1ccc(Cl)cc1C(O)(CCCN(C)C)c1ccccc1. The van der Waals surface area contributed by atoms with Gasteiger partial charge in [-0.2, -0.15) is 0 Å². The Labute approximate surface area is 148 Å². The van der Waals surface area contributed by atoms with E-state index < -0.39 is 5.60 Å². The summed E-state index contributed by atoms with van der Waals surface area (Å²) in [5.74, 6) is 0. The topological polar surface area (TPSA) is 23.5 Å². The Kier molecular flexibility index (Phi) is 6.54. The van der Waals surface area contributed by atoms with Gasteiger partial charge in [-0.1, -0.05) is 41.9 Å². The van der Waals surface area contributed by atoms with Gasteiger partial charge < -0.3 is 10.0 Å². The van der Waals surface area contributed by atoms with Gasteiger partial charge in [-0.25, -0.2) is 0 Å². The highest BCUT2D eigenvalue weighted by Gasteiger charge is 2.33. The van der Waals surface area contributed by atoms with Gasteiger partial charge >= 0.3 is 0 Å². The highest BCUT2D eigenvalue weighted by Crippen LogP contribution is 2.40. The summed E-state index contributed by atoms with van der Waals surface area (Å²) in [5.41, 5.74) is 0.777. The molecule has 0 aromatic heterocycles. The molecule has 0 amide bonds. The molecule has 0 saturated heterocycles. The summed E-state index contributed by atoms with van der Waals surface area (Å²) in [4.78, 5) is 3.20. The van der Waals surface area contributed by atoms with Gasteiger partial charge in [0, 0.05) is 15.5 Å². The lowest BCUT2D eigenvalue weighted by Gasteiger charge is -2.31. The van der Waals surface area contributed by atoms with Crippen molar-refractivity contribution in [3.63, 3.8) is 0 Å². The molecular weight excluding hydrogens is 326 g/mol. The Morgan fingerprint density at radius 3 is 2.43 bits per heavy atom. The van der Waals surface area contributed by atoms with E-state index in [-0.39, 0.29) is 0 Å². The average Bonchev–Trinajstić information content (AvgIpc) is 2.55. The lowest BCUT2D eigenvalue weighted by Crippen LogP contribution is -2.29. The minimum absolute atomic E-state index is 0.653. The van der Waals surface area contributed by atoms with Crippen molar-refractivity contribution in [2.45, 2.75) is 23.3 Å². The fraction of sp³-hybridized carbons (Fsp3) is 0.368. The first-order valence-electron chi connectivity index (χ1n) is 7.74. The smallest absolute Gasteiger partial charge is 0.116 e. The Hall–Kier alpha value is -1.00. The highest BCUT2D eigenvalue weighted by atomic mass is 35.5. The largest absolute Gasteiger partial charge is 0.380 e. The van der Waals surface area contributed by atoms with Crippen LogP contribution in [0.4, 0.5) is 0 Å². The lowest BCUT2D eigenvalue weighted by molar-refractivity contribution is 0.0638. The maximum absolute atomic E-state index is 11.6. The van der Waals surface area contributed by atoms with Gasteiger partial charge in [0.1, 0.15) is 5.60 Å². The molecule has 0 aliphatic rings. The lowest BCUT2D eigenvalue weighted by atomic mass is 9.82. The normalized spacial score (nSPS) is 14.0. The Bertz CT molecular complexity index is 633. The fourth-order valence-corrected chi connectivity index (χ4v) is 3.63. The van der Waals surface area contributed by atoms with Gasteiger partial charge in [-0.05, 0) is 63.5 Å². The molecule has 23 heavy (non-hydrogen) atoms. The molecule has 0 heterocycles. The number of nitrogens with zero attached hydrogens (tertiary/aromatic N) is 1. The van der Waals surface area contributed by atoms with E-state index >= 15 is 0 Å². The number of halogens is 1. The predicted molar refractivity (Wildman–Crippen MR) is 100 cm³/mol. The average molecular weight is 350 g/mol. The van der Waals surface area contributed by atoms with Gasteiger partial charge in [-0.15, -0.1) is 11.8 Å². The fourth-order valence-electron chi connectivity index (χ4n) is 2.80. The zero-order valence-electron chi connectivity index (χ0n) is 13.9. The van der Waals surface area contributed by atoms with Gasteiger partial charge in [0.25, 0.3) is 0 Å². The van der Waals surface area contributed by atoms with E-state index in [1.165, 1.54) is 0 Å². The summed E-state index contributed by atoms with van der Waals surface area (Å²) >= 11 is 7.86. The second-order valence-electron chi connectivity index (χ2n) is 5.98. The second kappa shape index (κ2) is 8.20. The van der Waals surface area contributed by atoms with Crippen LogP contribution in [-0.4, -0.2) is 36.9 Å². The molecule has 0 fully saturated rings.